The molecule has 0 spiro atoms. The molecule has 102 valence electrons. The van der Waals surface area contributed by atoms with Gasteiger partial charge >= 0.3 is 5.97 Å². The minimum absolute atomic E-state index is 0.292. The average molecular weight is 264 g/mol. The van der Waals surface area contributed by atoms with E-state index in [1.54, 1.807) is 18.5 Å². The Labute approximate surface area is 110 Å². The van der Waals surface area contributed by atoms with E-state index in [1.807, 2.05) is 4.90 Å². The van der Waals surface area contributed by atoms with Crippen LogP contribution in [0.4, 0.5) is 5.95 Å². The van der Waals surface area contributed by atoms with Gasteiger partial charge in [-0.05, 0) is 25.8 Å². The van der Waals surface area contributed by atoms with Gasteiger partial charge < -0.3 is 15.3 Å². The highest BCUT2D eigenvalue weighted by molar-refractivity contribution is 5.89. The van der Waals surface area contributed by atoms with Gasteiger partial charge in [-0.1, -0.05) is 0 Å². The van der Waals surface area contributed by atoms with E-state index in [0.717, 1.165) is 6.42 Å². The van der Waals surface area contributed by atoms with Gasteiger partial charge in [0.15, 0.2) is 0 Å². The number of carbonyl (C=O) groups excluding carboxylic acids is 1. The van der Waals surface area contributed by atoms with Crippen molar-refractivity contribution in [2.75, 3.05) is 11.4 Å². The van der Waals surface area contributed by atoms with Crippen LogP contribution in [-0.2, 0) is 9.59 Å². The summed E-state index contributed by atoms with van der Waals surface area (Å²) in [6.07, 6.45) is 4.78. The largest absolute Gasteiger partial charge is 0.480 e. The fourth-order valence-corrected chi connectivity index (χ4v) is 2.09. The van der Waals surface area contributed by atoms with Crippen molar-refractivity contribution >= 4 is 17.8 Å². The van der Waals surface area contributed by atoms with E-state index in [-0.39, 0.29) is 5.91 Å². The van der Waals surface area contributed by atoms with Crippen LogP contribution in [0.5, 0.6) is 0 Å². The average Bonchev–Trinajstić information content (AvgIpc) is 2.88. The van der Waals surface area contributed by atoms with Crippen LogP contribution in [0.2, 0.25) is 0 Å². The summed E-state index contributed by atoms with van der Waals surface area (Å²) < 4.78 is 0. The Morgan fingerprint density at radius 3 is 2.79 bits per heavy atom. The smallest absolute Gasteiger partial charge is 0.325 e. The van der Waals surface area contributed by atoms with Gasteiger partial charge in [-0.25, -0.2) is 9.97 Å². The number of carboxylic acids is 1. The van der Waals surface area contributed by atoms with E-state index in [2.05, 4.69) is 15.3 Å². The van der Waals surface area contributed by atoms with E-state index in [4.69, 9.17) is 5.11 Å². The molecule has 1 aromatic rings. The molecule has 2 unspecified atom stereocenters. The summed E-state index contributed by atoms with van der Waals surface area (Å²) in [6.45, 7) is 2.14. The number of nitrogens with zero attached hydrogens (tertiary/aromatic N) is 3. The molecule has 0 aliphatic carbocycles. The molecule has 2 atom stereocenters. The Balaban J connectivity index is 2.07. The maximum atomic E-state index is 12.1. The van der Waals surface area contributed by atoms with Crippen molar-refractivity contribution in [2.24, 2.45) is 0 Å². The predicted octanol–water partition coefficient (Wildman–Crippen LogP) is 0.0347. The lowest BCUT2D eigenvalue weighted by molar-refractivity contribution is -0.141. The number of rotatable bonds is 4. The number of hydrogen-bond donors (Lipinski definition) is 2. The van der Waals surface area contributed by atoms with Gasteiger partial charge in [0.2, 0.25) is 11.9 Å². The minimum atomic E-state index is -1.05. The van der Waals surface area contributed by atoms with Crippen LogP contribution >= 0.6 is 0 Å². The quantitative estimate of drug-likeness (QED) is 0.797. The highest BCUT2D eigenvalue weighted by atomic mass is 16.4. The molecule has 1 aliphatic heterocycles. The number of carbonyl (C=O) groups is 2. The van der Waals surface area contributed by atoms with Crippen molar-refractivity contribution in [1.29, 1.82) is 0 Å². The summed E-state index contributed by atoms with van der Waals surface area (Å²) in [5.74, 6) is -0.836. The van der Waals surface area contributed by atoms with Crippen LogP contribution in [0, 0.1) is 0 Å². The van der Waals surface area contributed by atoms with Crippen LogP contribution in [0.15, 0.2) is 18.5 Å². The number of anilines is 1. The van der Waals surface area contributed by atoms with E-state index >= 15 is 0 Å². The molecule has 1 aliphatic rings. The molecular weight excluding hydrogens is 248 g/mol. The Bertz CT molecular complexity index is 465. The SMILES string of the molecule is CC(NC(=O)C1CCCN1c1ncccn1)C(=O)O. The predicted molar refractivity (Wildman–Crippen MR) is 67.6 cm³/mol. The lowest BCUT2D eigenvalue weighted by atomic mass is 10.2. The van der Waals surface area contributed by atoms with Crippen molar-refractivity contribution in [3.63, 3.8) is 0 Å². The summed E-state index contributed by atoms with van der Waals surface area (Å²) in [5.41, 5.74) is 0. The van der Waals surface area contributed by atoms with Gasteiger partial charge in [0.1, 0.15) is 12.1 Å². The highest BCUT2D eigenvalue weighted by Gasteiger charge is 2.33. The molecule has 2 heterocycles. The second-order valence-corrected chi connectivity index (χ2v) is 4.47. The van der Waals surface area contributed by atoms with Crippen molar-refractivity contribution in [2.45, 2.75) is 31.8 Å². The van der Waals surface area contributed by atoms with Gasteiger partial charge in [-0.3, -0.25) is 9.59 Å². The zero-order chi connectivity index (χ0) is 13.8. The maximum absolute atomic E-state index is 12.1. The fraction of sp³-hybridized carbons (Fsp3) is 0.500. The molecular formula is C12H16N4O3. The van der Waals surface area contributed by atoms with Crippen LogP contribution in [0.1, 0.15) is 19.8 Å². The van der Waals surface area contributed by atoms with E-state index in [9.17, 15) is 9.59 Å². The zero-order valence-electron chi connectivity index (χ0n) is 10.6. The number of aliphatic carboxylic acids is 1. The Kier molecular flexibility index (Phi) is 3.94. The maximum Gasteiger partial charge on any atom is 0.325 e. The van der Waals surface area contributed by atoms with E-state index < -0.39 is 18.1 Å². The molecule has 1 saturated heterocycles. The summed E-state index contributed by atoms with van der Waals surface area (Å²) >= 11 is 0. The first-order chi connectivity index (χ1) is 9.09. The second-order valence-electron chi connectivity index (χ2n) is 4.47. The van der Waals surface area contributed by atoms with Gasteiger partial charge in [-0.15, -0.1) is 0 Å². The van der Waals surface area contributed by atoms with Gasteiger partial charge in [-0.2, -0.15) is 0 Å². The van der Waals surface area contributed by atoms with Crippen molar-refractivity contribution in [1.82, 2.24) is 15.3 Å². The van der Waals surface area contributed by atoms with Gasteiger partial charge in [0, 0.05) is 18.9 Å². The Morgan fingerprint density at radius 2 is 2.16 bits per heavy atom. The molecule has 2 rings (SSSR count). The van der Waals surface area contributed by atoms with Crippen LogP contribution in [0.25, 0.3) is 0 Å². The molecule has 1 fully saturated rings. The molecule has 0 radical (unpaired) electrons. The summed E-state index contributed by atoms with van der Waals surface area (Å²) in [5, 5.41) is 11.3. The molecule has 0 saturated carbocycles. The Hall–Kier alpha value is -2.18. The summed E-state index contributed by atoms with van der Waals surface area (Å²) in [4.78, 5) is 32.9. The fourth-order valence-electron chi connectivity index (χ4n) is 2.09. The van der Waals surface area contributed by atoms with Gasteiger partial charge in [0.25, 0.3) is 0 Å². The first-order valence-corrected chi connectivity index (χ1v) is 6.16. The first kappa shape index (κ1) is 13.3. The number of aromatic nitrogens is 2. The molecule has 19 heavy (non-hydrogen) atoms. The summed E-state index contributed by atoms with van der Waals surface area (Å²) in [6, 6.07) is 0.414. The minimum Gasteiger partial charge on any atom is -0.480 e. The topological polar surface area (TPSA) is 95.4 Å². The zero-order valence-corrected chi connectivity index (χ0v) is 10.6. The Morgan fingerprint density at radius 1 is 1.47 bits per heavy atom. The monoisotopic (exact) mass is 264 g/mol. The number of hydrogen-bond acceptors (Lipinski definition) is 5. The van der Waals surface area contributed by atoms with Crippen LogP contribution in [-0.4, -0.2) is 45.6 Å². The third-order valence-corrected chi connectivity index (χ3v) is 3.09. The molecule has 1 amide bonds. The number of carboxylic acid groups (broad SMARTS) is 1. The lowest BCUT2D eigenvalue weighted by Gasteiger charge is -2.24. The lowest BCUT2D eigenvalue weighted by Crippen LogP contribution is -2.48. The molecule has 0 aromatic carbocycles. The number of nitrogens with one attached hydrogen (secondary N) is 1. The van der Waals surface area contributed by atoms with Crippen molar-refractivity contribution < 1.29 is 14.7 Å². The summed E-state index contributed by atoms with van der Waals surface area (Å²) in [7, 11) is 0. The second kappa shape index (κ2) is 5.64. The highest BCUT2D eigenvalue weighted by Crippen LogP contribution is 2.21. The molecule has 7 nitrogen and oxygen atoms in total. The molecule has 0 bridgehead atoms. The third-order valence-electron chi connectivity index (χ3n) is 3.09. The first-order valence-electron chi connectivity index (χ1n) is 6.16. The van der Waals surface area contributed by atoms with E-state index in [0.29, 0.717) is 18.9 Å². The molecule has 2 N–H and O–H groups in total. The van der Waals surface area contributed by atoms with Crippen molar-refractivity contribution in [3.8, 4) is 0 Å². The van der Waals surface area contributed by atoms with E-state index in [1.165, 1.54) is 6.92 Å². The van der Waals surface area contributed by atoms with Crippen molar-refractivity contribution in [3.05, 3.63) is 18.5 Å². The van der Waals surface area contributed by atoms with Crippen LogP contribution < -0.4 is 10.2 Å². The third kappa shape index (κ3) is 2.98. The number of amides is 1. The normalized spacial score (nSPS) is 20.1. The molecule has 1 aromatic heterocycles. The standard InChI is InChI=1S/C12H16N4O3/c1-8(11(18)19)15-10(17)9-4-2-7-16(9)12-13-5-3-6-14-12/h3,5-6,8-9H,2,4,7H2,1H3,(H,15,17)(H,18,19). The van der Waals surface area contributed by atoms with Gasteiger partial charge in [0.05, 0.1) is 0 Å². The molecule has 7 heteroatoms. The van der Waals surface area contributed by atoms with Crippen LogP contribution in [0.3, 0.4) is 0 Å².